The highest BCUT2D eigenvalue weighted by Gasteiger charge is 2.34. The number of amides is 3. The molecule has 2 N–H and O–H groups in total. The summed E-state index contributed by atoms with van der Waals surface area (Å²) >= 11 is 0. The maximum atomic E-state index is 13.8. The molecule has 2 heterocycles. The van der Waals surface area contributed by atoms with Crippen molar-refractivity contribution in [3.63, 3.8) is 0 Å². The van der Waals surface area contributed by atoms with E-state index in [1.54, 1.807) is 45.1 Å². The predicted molar refractivity (Wildman–Crippen MR) is 198 cm³/mol. The van der Waals surface area contributed by atoms with E-state index in [-0.39, 0.29) is 32.0 Å². The number of ketones is 1. The minimum absolute atomic E-state index is 0.104. The fourth-order valence-corrected chi connectivity index (χ4v) is 5.58. The maximum Gasteiger partial charge on any atom is 0.409 e. The molecule has 0 spiro atoms. The van der Waals surface area contributed by atoms with Crippen LogP contribution in [0.1, 0.15) is 84.2 Å². The lowest BCUT2D eigenvalue weighted by molar-refractivity contribution is -0.131. The molecule has 12 heteroatoms. The van der Waals surface area contributed by atoms with Crippen molar-refractivity contribution >= 4 is 29.5 Å². The molecule has 0 aliphatic carbocycles. The van der Waals surface area contributed by atoms with Crippen LogP contribution in [0.15, 0.2) is 79.3 Å². The Morgan fingerprint density at radius 1 is 0.942 bits per heavy atom. The van der Waals surface area contributed by atoms with Crippen molar-refractivity contribution in [2.24, 2.45) is 5.92 Å². The summed E-state index contributed by atoms with van der Waals surface area (Å²) in [5.74, 6) is -0.407. The number of nitrogens with one attached hydrogen (secondary N) is 2. The number of ether oxygens (including phenoxy) is 3. The van der Waals surface area contributed by atoms with Crippen molar-refractivity contribution in [3.8, 4) is 0 Å². The molecule has 12 nitrogen and oxygen atoms in total. The van der Waals surface area contributed by atoms with Gasteiger partial charge in [0.1, 0.15) is 23.8 Å². The van der Waals surface area contributed by atoms with E-state index in [4.69, 9.17) is 14.2 Å². The summed E-state index contributed by atoms with van der Waals surface area (Å²) in [7, 11) is 0. The molecule has 3 amide bonds. The zero-order valence-corrected chi connectivity index (χ0v) is 31.4. The van der Waals surface area contributed by atoms with E-state index in [0.29, 0.717) is 30.3 Å². The van der Waals surface area contributed by atoms with Crippen LogP contribution in [0.2, 0.25) is 0 Å². The van der Waals surface area contributed by atoms with Crippen LogP contribution in [0.5, 0.6) is 0 Å². The van der Waals surface area contributed by atoms with Gasteiger partial charge in [0.15, 0.2) is 5.78 Å². The SMILES string of the molecule is C/C(=C\C(=O)[C@@H](COCc1ccccc1)NC(=O)C(C)(C)NC(=O)OC(C)(C)C)c1cn(C(COC(=O)N2CCC(C)CC2)c2ccccc2)cn1. The van der Waals surface area contributed by atoms with Crippen LogP contribution >= 0.6 is 0 Å². The number of carbonyl (C=O) groups is 4. The first-order chi connectivity index (χ1) is 24.6. The average molecular weight is 716 g/mol. The van der Waals surface area contributed by atoms with Gasteiger partial charge in [0, 0.05) is 19.3 Å². The first kappa shape index (κ1) is 39.8. The summed E-state index contributed by atoms with van der Waals surface area (Å²) in [5.41, 5.74) is 0.780. The van der Waals surface area contributed by atoms with Gasteiger partial charge in [0.2, 0.25) is 5.91 Å². The number of aromatic nitrogens is 2. The van der Waals surface area contributed by atoms with Crippen LogP contribution in [0.3, 0.4) is 0 Å². The Balaban J connectivity index is 1.50. The van der Waals surface area contributed by atoms with E-state index in [1.165, 1.54) is 19.9 Å². The zero-order valence-electron chi connectivity index (χ0n) is 31.4. The molecule has 1 unspecified atom stereocenters. The van der Waals surface area contributed by atoms with Crippen molar-refractivity contribution in [1.29, 1.82) is 0 Å². The average Bonchev–Trinajstić information content (AvgIpc) is 3.58. The van der Waals surface area contributed by atoms with Crippen LogP contribution < -0.4 is 10.6 Å². The molecular weight excluding hydrogens is 662 g/mol. The highest BCUT2D eigenvalue weighted by Crippen LogP contribution is 2.23. The Bertz CT molecular complexity index is 1670. The van der Waals surface area contributed by atoms with Gasteiger partial charge in [-0.05, 0) is 83.1 Å². The quantitative estimate of drug-likeness (QED) is 0.185. The number of imidazole rings is 1. The second-order valence-electron chi connectivity index (χ2n) is 14.9. The fourth-order valence-electron chi connectivity index (χ4n) is 5.58. The Morgan fingerprint density at radius 3 is 2.21 bits per heavy atom. The van der Waals surface area contributed by atoms with Gasteiger partial charge in [0.05, 0.1) is 31.3 Å². The molecule has 4 rings (SSSR count). The molecule has 1 aromatic heterocycles. The van der Waals surface area contributed by atoms with E-state index >= 15 is 0 Å². The number of allylic oxidation sites excluding steroid dienone is 1. The third kappa shape index (κ3) is 12.1. The predicted octanol–water partition coefficient (Wildman–Crippen LogP) is 6.32. The smallest absolute Gasteiger partial charge is 0.409 e. The summed E-state index contributed by atoms with van der Waals surface area (Å²) in [4.78, 5) is 59.0. The number of alkyl carbamates (subject to hydrolysis) is 1. The van der Waals surface area contributed by atoms with Gasteiger partial charge >= 0.3 is 12.2 Å². The maximum absolute atomic E-state index is 13.8. The Morgan fingerprint density at radius 2 is 1.58 bits per heavy atom. The number of rotatable bonds is 14. The summed E-state index contributed by atoms with van der Waals surface area (Å²) in [6.45, 7) is 13.8. The summed E-state index contributed by atoms with van der Waals surface area (Å²) in [6.07, 6.45) is 5.70. The number of likely N-dealkylation sites (tertiary alicyclic amines) is 1. The standard InChI is InChI=1S/C40H53N5O7/c1-28-18-20-44(21-19-28)38(49)51-26-34(31-16-12-9-13-17-31)45-23-32(41-27-45)29(2)22-35(46)33(25-50-24-30-14-10-8-11-15-30)42-36(47)40(6,7)43-37(48)52-39(3,4)5/h8-17,22-23,27-28,33-34H,18-21,24-26H2,1-7H3,(H,42,47)(H,43,48)/b29-22+/t33-,34?/m1/s1. The Labute approximate surface area is 306 Å². The monoisotopic (exact) mass is 715 g/mol. The second kappa shape index (κ2) is 18.0. The van der Waals surface area contributed by atoms with Crippen LogP contribution in [-0.4, -0.2) is 81.8 Å². The molecule has 0 saturated carbocycles. The minimum atomic E-state index is -1.40. The van der Waals surface area contributed by atoms with E-state index in [0.717, 1.165) is 24.0 Å². The first-order valence-corrected chi connectivity index (χ1v) is 17.8. The third-order valence-electron chi connectivity index (χ3n) is 8.74. The zero-order chi connectivity index (χ0) is 37.9. The lowest BCUT2D eigenvalue weighted by Gasteiger charge is -2.30. The number of piperidine rings is 1. The molecule has 52 heavy (non-hydrogen) atoms. The molecule has 0 radical (unpaired) electrons. The lowest BCUT2D eigenvalue weighted by Crippen LogP contribution is -2.59. The van der Waals surface area contributed by atoms with E-state index in [2.05, 4.69) is 22.5 Å². The molecule has 3 aromatic rings. The number of hydrogen-bond acceptors (Lipinski definition) is 8. The summed E-state index contributed by atoms with van der Waals surface area (Å²) in [6, 6.07) is 17.8. The first-order valence-electron chi connectivity index (χ1n) is 17.8. The van der Waals surface area contributed by atoms with Crippen LogP contribution in [-0.2, 0) is 30.4 Å². The van der Waals surface area contributed by atoms with Gasteiger partial charge in [-0.15, -0.1) is 0 Å². The van der Waals surface area contributed by atoms with Crippen LogP contribution in [0.25, 0.3) is 5.57 Å². The van der Waals surface area contributed by atoms with Gasteiger partial charge in [-0.3, -0.25) is 9.59 Å². The molecule has 1 aliphatic rings. The molecular formula is C40H53N5O7. The molecule has 280 valence electrons. The van der Waals surface area contributed by atoms with Crippen molar-refractivity contribution in [2.45, 2.75) is 91.1 Å². The number of nitrogens with zero attached hydrogens (tertiary/aromatic N) is 3. The normalized spacial score (nSPS) is 15.4. The van der Waals surface area contributed by atoms with Gasteiger partial charge in [-0.1, -0.05) is 67.6 Å². The highest BCUT2D eigenvalue weighted by atomic mass is 16.6. The topological polar surface area (TPSA) is 141 Å². The summed E-state index contributed by atoms with van der Waals surface area (Å²) in [5, 5.41) is 5.35. The van der Waals surface area contributed by atoms with E-state index in [9.17, 15) is 19.2 Å². The summed E-state index contributed by atoms with van der Waals surface area (Å²) < 4.78 is 18.9. The van der Waals surface area contributed by atoms with Crippen molar-refractivity contribution in [1.82, 2.24) is 25.1 Å². The number of carbonyl (C=O) groups excluding carboxylic acids is 4. The molecule has 1 saturated heterocycles. The number of hydrogen-bond donors (Lipinski definition) is 2. The lowest BCUT2D eigenvalue weighted by atomic mass is 10.00. The third-order valence-corrected chi connectivity index (χ3v) is 8.74. The van der Waals surface area contributed by atoms with Gasteiger partial charge < -0.3 is 34.3 Å². The Kier molecular flexibility index (Phi) is 13.8. The molecule has 0 bridgehead atoms. The Hall–Kier alpha value is -4.97. The largest absolute Gasteiger partial charge is 0.447 e. The molecule has 1 fully saturated rings. The molecule has 2 aromatic carbocycles. The van der Waals surface area contributed by atoms with Crippen LogP contribution in [0.4, 0.5) is 9.59 Å². The fraction of sp³-hybridized carbons (Fsp3) is 0.475. The van der Waals surface area contributed by atoms with Gasteiger partial charge in [-0.25, -0.2) is 14.6 Å². The highest BCUT2D eigenvalue weighted by molar-refractivity contribution is 6.02. The van der Waals surface area contributed by atoms with Crippen molar-refractivity contribution in [3.05, 3.63) is 96.1 Å². The van der Waals surface area contributed by atoms with E-state index < -0.39 is 35.0 Å². The second-order valence-corrected chi connectivity index (χ2v) is 14.9. The van der Waals surface area contributed by atoms with Crippen molar-refractivity contribution in [2.75, 3.05) is 26.3 Å². The van der Waals surface area contributed by atoms with Crippen LogP contribution in [0, 0.1) is 5.92 Å². The number of benzene rings is 2. The molecule has 2 atom stereocenters. The van der Waals surface area contributed by atoms with Gasteiger partial charge in [0.25, 0.3) is 0 Å². The van der Waals surface area contributed by atoms with E-state index in [1.807, 2.05) is 65.2 Å². The molecule has 1 aliphatic heterocycles. The van der Waals surface area contributed by atoms with Crippen molar-refractivity contribution < 1.29 is 33.4 Å². The van der Waals surface area contributed by atoms with Gasteiger partial charge in [-0.2, -0.15) is 0 Å². The minimum Gasteiger partial charge on any atom is -0.447 e.